The molecule has 1 fully saturated rings. The van der Waals surface area contributed by atoms with Crippen LogP contribution in [0.1, 0.15) is 19.4 Å². The van der Waals surface area contributed by atoms with Crippen LogP contribution in [0.5, 0.6) is 0 Å². The largest absolute Gasteiger partial charge is 0.366 e. The van der Waals surface area contributed by atoms with Crippen LogP contribution in [-0.2, 0) is 0 Å². The number of benzene rings is 1. The Balaban J connectivity index is 2.29. The van der Waals surface area contributed by atoms with Gasteiger partial charge in [0.2, 0.25) is 0 Å². The first-order valence-electron chi connectivity index (χ1n) is 6.33. The van der Waals surface area contributed by atoms with Crippen LogP contribution in [0, 0.1) is 12.8 Å². The number of rotatable bonds is 2. The van der Waals surface area contributed by atoms with E-state index in [2.05, 4.69) is 65.1 Å². The number of anilines is 1. The van der Waals surface area contributed by atoms with E-state index >= 15 is 0 Å². The van der Waals surface area contributed by atoms with Gasteiger partial charge in [0.05, 0.1) is 0 Å². The summed E-state index contributed by atoms with van der Waals surface area (Å²) in [4.78, 5) is 2.56. The van der Waals surface area contributed by atoms with Crippen LogP contribution in [0.15, 0.2) is 22.7 Å². The zero-order valence-electron chi connectivity index (χ0n) is 10.8. The number of hydrogen-bond acceptors (Lipinski definition) is 2. The molecule has 0 spiro atoms. The molecule has 0 radical (unpaired) electrons. The lowest BCUT2D eigenvalue weighted by Gasteiger charge is -2.41. The normalized spacial score (nSPS) is 21.0. The van der Waals surface area contributed by atoms with Crippen molar-refractivity contribution in [2.24, 2.45) is 5.92 Å². The average Bonchev–Trinajstić information content (AvgIpc) is 2.29. The number of nitrogens with zero attached hydrogens (tertiary/aromatic N) is 1. The van der Waals surface area contributed by atoms with Gasteiger partial charge in [0.25, 0.3) is 0 Å². The Morgan fingerprint density at radius 1 is 1.41 bits per heavy atom. The molecule has 2 rings (SSSR count). The van der Waals surface area contributed by atoms with Crippen LogP contribution >= 0.6 is 15.9 Å². The van der Waals surface area contributed by atoms with Gasteiger partial charge in [0.1, 0.15) is 0 Å². The quantitative estimate of drug-likeness (QED) is 0.902. The van der Waals surface area contributed by atoms with Crippen LogP contribution < -0.4 is 10.2 Å². The molecule has 1 aliphatic rings. The van der Waals surface area contributed by atoms with E-state index < -0.39 is 0 Å². The molecule has 0 bridgehead atoms. The Kier molecular flexibility index (Phi) is 4.10. The molecule has 2 nitrogen and oxygen atoms in total. The number of halogens is 1. The Morgan fingerprint density at radius 3 is 2.82 bits per heavy atom. The molecule has 0 aliphatic carbocycles. The summed E-state index contributed by atoms with van der Waals surface area (Å²) in [6.45, 7) is 10.1. The lowest BCUT2D eigenvalue weighted by Crippen LogP contribution is -2.54. The van der Waals surface area contributed by atoms with Crippen molar-refractivity contribution in [1.29, 1.82) is 0 Å². The van der Waals surface area contributed by atoms with Gasteiger partial charge < -0.3 is 10.2 Å². The summed E-state index contributed by atoms with van der Waals surface area (Å²) in [6.07, 6.45) is 0. The van der Waals surface area contributed by atoms with Gasteiger partial charge in [-0.3, -0.25) is 0 Å². The number of nitrogens with one attached hydrogen (secondary N) is 1. The van der Waals surface area contributed by atoms with Gasteiger partial charge in [-0.25, -0.2) is 0 Å². The van der Waals surface area contributed by atoms with E-state index in [1.165, 1.54) is 11.3 Å². The molecule has 1 aromatic carbocycles. The molecular formula is C14H21BrN2. The second-order valence-corrected chi connectivity index (χ2v) is 6.06. The predicted octanol–water partition coefficient (Wildman–Crippen LogP) is 3.19. The van der Waals surface area contributed by atoms with Gasteiger partial charge >= 0.3 is 0 Å². The highest BCUT2D eigenvalue weighted by Crippen LogP contribution is 2.28. The maximum absolute atomic E-state index is 3.53. The highest BCUT2D eigenvalue weighted by Gasteiger charge is 2.25. The topological polar surface area (TPSA) is 15.3 Å². The predicted molar refractivity (Wildman–Crippen MR) is 77.7 cm³/mol. The molecule has 1 heterocycles. The van der Waals surface area contributed by atoms with Crippen LogP contribution in [0.25, 0.3) is 0 Å². The van der Waals surface area contributed by atoms with E-state index in [-0.39, 0.29) is 0 Å². The highest BCUT2D eigenvalue weighted by atomic mass is 79.9. The summed E-state index contributed by atoms with van der Waals surface area (Å²) >= 11 is 3.53. The molecule has 1 atom stereocenters. The van der Waals surface area contributed by atoms with Crippen LogP contribution in [-0.4, -0.2) is 25.7 Å². The Morgan fingerprint density at radius 2 is 2.18 bits per heavy atom. The minimum absolute atomic E-state index is 0.601. The van der Waals surface area contributed by atoms with Crippen LogP contribution in [0.3, 0.4) is 0 Å². The zero-order valence-corrected chi connectivity index (χ0v) is 12.4. The Hall–Kier alpha value is -0.540. The number of piperazine rings is 1. The van der Waals surface area contributed by atoms with Gasteiger partial charge in [-0.2, -0.15) is 0 Å². The minimum Gasteiger partial charge on any atom is -0.366 e. The fourth-order valence-electron chi connectivity index (χ4n) is 2.56. The van der Waals surface area contributed by atoms with Crippen molar-refractivity contribution in [1.82, 2.24) is 5.32 Å². The molecule has 0 saturated carbocycles. The summed E-state index contributed by atoms with van der Waals surface area (Å²) in [5, 5.41) is 3.50. The van der Waals surface area contributed by atoms with Crippen molar-refractivity contribution >= 4 is 21.6 Å². The van der Waals surface area contributed by atoms with Gasteiger partial charge in [0, 0.05) is 35.8 Å². The van der Waals surface area contributed by atoms with E-state index in [9.17, 15) is 0 Å². The third-order valence-corrected chi connectivity index (χ3v) is 4.01. The molecule has 1 aromatic rings. The van der Waals surface area contributed by atoms with Crippen molar-refractivity contribution < 1.29 is 0 Å². The van der Waals surface area contributed by atoms with Gasteiger partial charge in [-0.1, -0.05) is 29.8 Å². The summed E-state index contributed by atoms with van der Waals surface area (Å²) in [5.41, 5.74) is 2.74. The second-order valence-electron chi connectivity index (χ2n) is 5.14. The van der Waals surface area contributed by atoms with Gasteiger partial charge in [0.15, 0.2) is 0 Å². The fraction of sp³-hybridized carbons (Fsp3) is 0.571. The SMILES string of the molecule is Cc1cc(Br)ccc1N1CCNCC1C(C)C. The maximum Gasteiger partial charge on any atom is 0.0438 e. The molecule has 0 aromatic heterocycles. The molecule has 0 amide bonds. The fourth-order valence-corrected chi connectivity index (χ4v) is 3.04. The van der Waals surface area contributed by atoms with Crippen molar-refractivity contribution in [3.63, 3.8) is 0 Å². The van der Waals surface area contributed by atoms with Crippen molar-refractivity contribution in [3.8, 4) is 0 Å². The molecule has 17 heavy (non-hydrogen) atoms. The Bertz CT molecular complexity index is 390. The lowest BCUT2D eigenvalue weighted by molar-refractivity contribution is 0.390. The second kappa shape index (κ2) is 5.40. The first-order chi connectivity index (χ1) is 8.09. The van der Waals surface area contributed by atoms with E-state index in [4.69, 9.17) is 0 Å². The zero-order chi connectivity index (χ0) is 12.4. The molecule has 1 saturated heterocycles. The standard InChI is InChI=1S/C14H21BrN2/c1-10(2)14-9-16-6-7-17(14)13-5-4-12(15)8-11(13)3/h4-5,8,10,14,16H,6-7,9H2,1-3H3. The van der Waals surface area contributed by atoms with Crippen molar-refractivity contribution in [2.75, 3.05) is 24.5 Å². The summed E-state index contributed by atoms with van der Waals surface area (Å²) in [6, 6.07) is 7.18. The number of hydrogen-bond donors (Lipinski definition) is 1. The first kappa shape index (κ1) is 12.9. The highest BCUT2D eigenvalue weighted by molar-refractivity contribution is 9.10. The summed E-state index contributed by atoms with van der Waals surface area (Å²) in [5.74, 6) is 0.672. The molecular weight excluding hydrogens is 276 g/mol. The third kappa shape index (κ3) is 2.83. The Labute approximate surface area is 113 Å². The van der Waals surface area contributed by atoms with Gasteiger partial charge in [-0.15, -0.1) is 0 Å². The minimum atomic E-state index is 0.601. The molecule has 1 aliphatic heterocycles. The monoisotopic (exact) mass is 296 g/mol. The van der Waals surface area contributed by atoms with Crippen LogP contribution in [0.2, 0.25) is 0 Å². The maximum atomic E-state index is 3.53. The van der Waals surface area contributed by atoms with Gasteiger partial charge in [-0.05, 0) is 36.6 Å². The average molecular weight is 297 g/mol. The van der Waals surface area contributed by atoms with E-state index in [0.717, 1.165) is 24.1 Å². The summed E-state index contributed by atoms with van der Waals surface area (Å²) in [7, 11) is 0. The first-order valence-corrected chi connectivity index (χ1v) is 7.12. The smallest absolute Gasteiger partial charge is 0.0438 e. The molecule has 1 N–H and O–H groups in total. The van der Waals surface area contributed by atoms with E-state index in [0.29, 0.717) is 12.0 Å². The molecule has 3 heteroatoms. The van der Waals surface area contributed by atoms with E-state index in [1.807, 2.05) is 0 Å². The molecule has 1 unspecified atom stereocenters. The van der Waals surface area contributed by atoms with Crippen molar-refractivity contribution in [3.05, 3.63) is 28.2 Å². The molecule has 94 valence electrons. The van der Waals surface area contributed by atoms with Crippen LogP contribution in [0.4, 0.5) is 5.69 Å². The summed E-state index contributed by atoms with van der Waals surface area (Å²) < 4.78 is 1.16. The third-order valence-electron chi connectivity index (χ3n) is 3.52. The van der Waals surface area contributed by atoms with Crippen molar-refractivity contribution in [2.45, 2.75) is 26.8 Å². The van der Waals surface area contributed by atoms with E-state index in [1.54, 1.807) is 0 Å². The lowest BCUT2D eigenvalue weighted by atomic mass is 9.99. The number of aryl methyl sites for hydroxylation is 1.